The molecule has 1 saturated heterocycles. The van der Waals surface area contributed by atoms with Crippen LogP contribution in [0.1, 0.15) is 62.5 Å². The molecule has 0 atom stereocenters. The van der Waals surface area contributed by atoms with Crippen LogP contribution >= 0.6 is 0 Å². The van der Waals surface area contributed by atoms with E-state index in [0.29, 0.717) is 35.1 Å². The van der Waals surface area contributed by atoms with Crippen LogP contribution in [-0.4, -0.2) is 57.8 Å². The monoisotopic (exact) mass is 595 g/mol. The van der Waals surface area contributed by atoms with Gasteiger partial charge in [-0.05, 0) is 106 Å². The lowest BCUT2D eigenvalue weighted by Gasteiger charge is -2.14. The third kappa shape index (κ3) is 8.44. The number of hydrogen-bond donors (Lipinski definition) is 3. The van der Waals surface area contributed by atoms with Crippen molar-refractivity contribution in [1.82, 2.24) is 25.0 Å². The highest BCUT2D eigenvalue weighted by atomic mass is 16.5. The fourth-order valence-electron chi connectivity index (χ4n) is 4.99. The molecule has 1 aliphatic rings. The molecule has 1 aliphatic heterocycles. The molecule has 4 aromatic rings. The molecule has 0 aliphatic carbocycles. The van der Waals surface area contributed by atoms with Crippen molar-refractivity contribution in [2.24, 2.45) is 0 Å². The summed E-state index contributed by atoms with van der Waals surface area (Å²) in [7, 11) is 0. The van der Waals surface area contributed by atoms with Crippen LogP contribution in [0.2, 0.25) is 0 Å². The van der Waals surface area contributed by atoms with E-state index >= 15 is 0 Å². The fraction of sp³-hybridized carbons (Fsp3) is 0.353. The van der Waals surface area contributed by atoms with Crippen LogP contribution in [0.5, 0.6) is 11.5 Å². The van der Waals surface area contributed by atoms with Gasteiger partial charge in [0.1, 0.15) is 17.3 Å². The Morgan fingerprint density at radius 3 is 2.34 bits per heavy atom. The van der Waals surface area contributed by atoms with E-state index in [2.05, 4.69) is 46.6 Å². The van der Waals surface area contributed by atoms with Crippen LogP contribution in [-0.2, 0) is 5.41 Å². The number of benzene rings is 2. The molecule has 44 heavy (non-hydrogen) atoms. The van der Waals surface area contributed by atoms with Crippen molar-refractivity contribution in [3.8, 4) is 17.2 Å². The van der Waals surface area contributed by atoms with Gasteiger partial charge in [-0.2, -0.15) is 5.10 Å². The number of rotatable bonds is 11. The second kappa shape index (κ2) is 14.2. The van der Waals surface area contributed by atoms with Crippen molar-refractivity contribution >= 4 is 23.4 Å². The zero-order valence-corrected chi connectivity index (χ0v) is 25.7. The highest BCUT2D eigenvalue weighted by molar-refractivity contribution is 5.99. The first-order valence-electron chi connectivity index (χ1n) is 15.2. The summed E-state index contributed by atoms with van der Waals surface area (Å²) in [6.07, 6.45) is 7.96. The summed E-state index contributed by atoms with van der Waals surface area (Å²) >= 11 is 0. The van der Waals surface area contributed by atoms with Crippen LogP contribution in [0, 0.1) is 0 Å². The Kier molecular flexibility index (Phi) is 9.91. The molecule has 5 rings (SSSR count). The number of amides is 3. The van der Waals surface area contributed by atoms with Gasteiger partial charge in [-0.25, -0.2) is 9.48 Å². The molecule has 1 fully saturated rings. The number of urea groups is 1. The second-order valence-corrected chi connectivity index (χ2v) is 12.0. The fourth-order valence-corrected chi connectivity index (χ4v) is 4.99. The zero-order chi connectivity index (χ0) is 30.9. The van der Waals surface area contributed by atoms with E-state index in [-0.39, 0.29) is 11.3 Å². The molecule has 2 aromatic carbocycles. The van der Waals surface area contributed by atoms with Gasteiger partial charge >= 0.3 is 6.03 Å². The minimum absolute atomic E-state index is 0.0943. The van der Waals surface area contributed by atoms with E-state index in [1.807, 2.05) is 24.3 Å². The quantitative estimate of drug-likeness (QED) is 0.168. The maximum absolute atomic E-state index is 13.0. The maximum Gasteiger partial charge on any atom is 0.324 e. The number of ether oxygens (including phenoxy) is 1. The van der Waals surface area contributed by atoms with Gasteiger partial charge in [-0.15, -0.1) is 0 Å². The first-order chi connectivity index (χ1) is 21.2. The number of nitrogens with one attached hydrogen (secondary N) is 3. The lowest BCUT2D eigenvalue weighted by molar-refractivity contribution is 0.0952. The van der Waals surface area contributed by atoms with Crippen LogP contribution in [0.3, 0.4) is 0 Å². The van der Waals surface area contributed by atoms with Crippen molar-refractivity contribution in [2.75, 3.05) is 36.8 Å². The Hall–Kier alpha value is -4.70. The van der Waals surface area contributed by atoms with Crippen molar-refractivity contribution < 1.29 is 14.3 Å². The molecule has 2 aromatic heterocycles. The topological polar surface area (TPSA) is 113 Å². The SMILES string of the molecule is CC(C)(C)c1cc(NC(=O)Nc2ccc(Oc3cccnc3)cc2)n(-c2ccc(C(=O)NCCCCN3CCCC3)cc2)n1. The Morgan fingerprint density at radius 1 is 0.909 bits per heavy atom. The van der Waals surface area contributed by atoms with Crippen LogP contribution in [0.25, 0.3) is 5.69 Å². The van der Waals surface area contributed by atoms with Gasteiger partial charge in [0.05, 0.1) is 17.6 Å². The normalized spacial score (nSPS) is 13.4. The predicted molar refractivity (Wildman–Crippen MR) is 173 cm³/mol. The van der Waals surface area contributed by atoms with Crippen molar-refractivity contribution in [1.29, 1.82) is 0 Å². The molecular weight excluding hydrogens is 554 g/mol. The number of carbonyl (C=O) groups excluding carboxylic acids is 2. The Balaban J connectivity index is 1.19. The van der Waals surface area contributed by atoms with E-state index in [4.69, 9.17) is 9.84 Å². The molecule has 10 heteroatoms. The predicted octanol–water partition coefficient (Wildman–Crippen LogP) is 6.61. The molecule has 0 saturated carbocycles. The average molecular weight is 596 g/mol. The summed E-state index contributed by atoms with van der Waals surface area (Å²) in [5.41, 5.74) is 2.50. The molecule has 3 N–H and O–H groups in total. The van der Waals surface area contributed by atoms with Crippen LogP contribution in [0.15, 0.2) is 79.1 Å². The Bertz CT molecular complexity index is 1520. The van der Waals surface area contributed by atoms with Crippen molar-refractivity contribution in [3.05, 3.63) is 90.4 Å². The summed E-state index contributed by atoms with van der Waals surface area (Å²) in [5.74, 6) is 1.68. The third-order valence-electron chi connectivity index (χ3n) is 7.46. The minimum atomic E-state index is -0.409. The highest BCUT2D eigenvalue weighted by Gasteiger charge is 2.22. The largest absolute Gasteiger partial charge is 0.456 e. The molecule has 0 unspecified atom stereocenters. The number of pyridine rings is 1. The standard InChI is InChI=1S/C34H41N7O3/c1-34(2,3)30-23-31(38-33(43)37-26-12-16-28(17-13-26)44-29-9-8-18-35-24-29)41(39-30)27-14-10-25(11-15-27)32(42)36-19-4-5-20-40-21-6-7-22-40/h8-18,23-24H,4-7,19-22H2,1-3H3,(H,36,42)(H2,37,38,43). The van der Waals surface area contributed by atoms with Gasteiger partial charge in [0.2, 0.25) is 0 Å². The number of hydrogen-bond acceptors (Lipinski definition) is 6. The van der Waals surface area contributed by atoms with Crippen molar-refractivity contribution in [3.63, 3.8) is 0 Å². The number of anilines is 2. The second-order valence-electron chi connectivity index (χ2n) is 12.0. The first-order valence-corrected chi connectivity index (χ1v) is 15.2. The lowest BCUT2D eigenvalue weighted by Crippen LogP contribution is -2.26. The van der Waals surface area contributed by atoms with E-state index < -0.39 is 6.03 Å². The molecule has 230 valence electrons. The van der Waals surface area contributed by atoms with E-state index in [1.165, 1.54) is 25.9 Å². The van der Waals surface area contributed by atoms with Crippen molar-refractivity contribution in [2.45, 2.75) is 51.9 Å². The van der Waals surface area contributed by atoms with E-state index in [1.54, 1.807) is 59.5 Å². The van der Waals surface area contributed by atoms with Crippen LogP contribution < -0.4 is 20.7 Å². The molecule has 0 radical (unpaired) electrons. The third-order valence-corrected chi connectivity index (χ3v) is 7.46. The first kappa shape index (κ1) is 30.7. The van der Waals surface area contributed by atoms with Gasteiger partial charge in [-0.3, -0.25) is 15.1 Å². The highest BCUT2D eigenvalue weighted by Crippen LogP contribution is 2.27. The number of carbonyl (C=O) groups is 2. The molecule has 0 bridgehead atoms. The molecule has 3 heterocycles. The number of aromatic nitrogens is 3. The zero-order valence-electron chi connectivity index (χ0n) is 25.7. The molecule has 10 nitrogen and oxygen atoms in total. The van der Waals surface area contributed by atoms with Gasteiger partial charge in [0.25, 0.3) is 5.91 Å². The molecule has 0 spiro atoms. The summed E-state index contributed by atoms with van der Waals surface area (Å²) in [4.78, 5) is 32.3. The number of likely N-dealkylation sites (tertiary alicyclic amines) is 1. The molecule has 3 amide bonds. The van der Waals surface area contributed by atoms with Gasteiger partial charge in [0.15, 0.2) is 0 Å². The summed E-state index contributed by atoms with van der Waals surface area (Å²) in [5, 5.41) is 13.6. The average Bonchev–Trinajstić information content (AvgIpc) is 3.69. The van der Waals surface area contributed by atoms with E-state index in [9.17, 15) is 9.59 Å². The number of nitrogens with zero attached hydrogens (tertiary/aromatic N) is 4. The van der Waals surface area contributed by atoms with Crippen LogP contribution in [0.4, 0.5) is 16.3 Å². The minimum Gasteiger partial charge on any atom is -0.456 e. The molecular formula is C34H41N7O3. The maximum atomic E-state index is 13.0. The number of unbranched alkanes of at least 4 members (excludes halogenated alkanes) is 1. The Morgan fingerprint density at radius 2 is 1.66 bits per heavy atom. The van der Waals surface area contributed by atoms with Gasteiger partial charge in [-0.1, -0.05) is 20.8 Å². The van der Waals surface area contributed by atoms with Gasteiger partial charge < -0.3 is 20.3 Å². The lowest BCUT2D eigenvalue weighted by atomic mass is 9.92. The van der Waals surface area contributed by atoms with Gasteiger partial charge in [0, 0.05) is 35.5 Å². The van der Waals surface area contributed by atoms with E-state index in [0.717, 1.165) is 30.8 Å². The smallest absolute Gasteiger partial charge is 0.324 e. The summed E-state index contributed by atoms with van der Waals surface area (Å²) in [6.45, 7) is 10.4. The Labute approximate surface area is 258 Å². The summed E-state index contributed by atoms with van der Waals surface area (Å²) < 4.78 is 7.46. The summed E-state index contributed by atoms with van der Waals surface area (Å²) in [6, 6.07) is 19.4.